The number of nitrogens with one attached hydrogen (secondary N) is 1. The van der Waals surface area contributed by atoms with E-state index in [0.717, 1.165) is 17.9 Å². The Labute approximate surface area is 123 Å². The van der Waals surface area contributed by atoms with Gasteiger partial charge in [0.05, 0.1) is 0 Å². The first-order chi connectivity index (χ1) is 10.3. The fourth-order valence-corrected chi connectivity index (χ4v) is 3.65. The molecule has 0 aliphatic carbocycles. The summed E-state index contributed by atoms with van der Waals surface area (Å²) in [5.41, 5.74) is 0.869. The van der Waals surface area contributed by atoms with E-state index >= 15 is 0 Å². The molecule has 3 heterocycles. The molecule has 2 saturated heterocycles. The van der Waals surface area contributed by atoms with Crippen LogP contribution in [0.5, 0.6) is 5.75 Å². The summed E-state index contributed by atoms with van der Waals surface area (Å²) in [5, 5.41) is 17.0. The second kappa shape index (κ2) is 5.15. The number of aromatic hydroxyl groups is 1. The van der Waals surface area contributed by atoms with Crippen LogP contribution in [0.15, 0.2) is 28.8 Å². The van der Waals surface area contributed by atoms with Gasteiger partial charge in [0.1, 0.15) is 5.75 Å². The van der Waals surface area contributed by atoms with Gasteiger partial charge in [-0.25, -0.2) is 0 Å². The normalized spacial score (nSPS) is 27.9. The van der Waals surface area contributed by atoms with Crippen molar-refractivity contribution in [2.75, 3.05) is 0 Å². The van der Waals surface area contributed by atoms with Crippen molar-refractivity contribution in [3.63, 3.8) is 0 Å². The standard InChI is InChI=1S/C16H19N3O2/c20-14-5-1-11(2-6-14)16-18-15(21-19-16)9-10-7-12-3-4-13(8-10)17-12/h1-2,5-6,10,12-13,17,20H,3-4,7-9H2. The number of phenols is 1. The zero-order valence-corrected chi connectivity index (χ0v) is 11.8. The summed E-state index contributed by atoms with van der Waals surface area (Å²) in [6.07, 6.45) is 5.92. The maximum absolute atomic E-state index is 9.31. The smallest absolute Gasteiger partial charge is 0.227 e. The highest BCUT2D eigenvalue weighted by Crippen LogP contribution is 2.32. The topological polar surface area (TPSA) is 71.2 Å². The summed E-state index contributed by atoms with van der Waals surface area (Å²) in [6.45, 7) is 0. The van der Waals surface area contributed by atoms with E-state index in [-0.39, 0.29) is 5.75 Å². The van der Waals surface area contributed by atoms with Crippen LogP contribution in [0.1, 0.15) is 31.6 Å². The number of hydrogen-bond donors (Lipinski definition) is 2. The van der Waals surface area contributed by atoms with Crippen LogP contribution in [0.2, 0.25) is 0 Å². The SMILES string of the molecule is Oc1ccc(-c2noc(CC3CC4CCC(C3)N4)n2)cc1. The lowest BCUT2D eigenvalue weighted by Gasteiger charge is -2.27. The second-order valence-corrected chi connectivity index (χ2v) is 6.24. The molecule has 0 spiro atoms. The Balaban J connectivity index is 1.46. The molecule has 2 bridgehead atoms. The van der Waals surface area contributed by atoms with Gasteiger partial charge < -0.3 is 14.9 Å². The minimum atomic E-state index is 0.243. The number of nitrogens with zero attached hydrogens (tertiary/aromatic N) is 2. The molecule has 2 aliphatic heterocycles. The molecule has 2 fully saturated rings. The van der Waals surface area contributed by atoms with Crippen LogP contribution in [0.3, 0.4) is 0 Å². The zero-order valence-electron chi connectivity index (χ0n) is 11.8. The number of phenolic OH excluding ortho intramolecular Hbond substituents is 1. The van der Waals surface area contributed by atoms with E-state index < -0.39 is 0 Å². The molecule has 0 radical (unpaired) electrons. The Morgan fingerprint density at radius 1 is 1.14 bits per heavy atom. The molecular formula is C16H19N3O2. The number of hydrogen-bond acceptors (Lipinski definition) is 5. The van der Waals surface area contributed by atoms with Crippen molar-refractivity contribution >= 4 is 0 Å². The summed E-state index contributed by atoms with van der Waals surface area (Å²) < 4.78 is 5.40. The molecule has 2 atom stereocenters. The molecule has 110 valence electrons. The molecule has 4 rings (SSSR count). The van der Waals surface area contributed by atoms with Gasteiger partial charge in [0.15, 0.2) is 0 Å². The van der Waals surface area contributed by atoms with Crippen LogP contribution >= 0.6 is 0 Å². The van der Waals surface area contributed by atoms with Crippen molar-refractivity contribution in [1.82, 2.24) is 15.5 Å². The van der Waals surface area contributed by atoms with Gasteiger partial charge in [-0.3, -0.25) is 0 Å². The highest BCUT2D eigenvalue weighted by molar-refractivity contribution is 5.55. The molecule has 0 amide bonds. The molecule has 2 unspecified atom stereocenters. The number of piperidine rings is 1. The molecule has 2 aromatic rings. The summed E-state index contributed by atoms with van der Waals surface area (Å²) in [6, 6.07) is 8.25. The Bertz CT molecular complexity index is 611. The lowest BCUT2D eigenvalue weighted by Crippen LogP contribution is -2.38. The number of benzene rings is 1. The van der Waals surface area contributed by atoms with E-state index in [1.165, 1.54) is 25.7 Å². The van der Waals surface area contributed by atoms with Gasteiger partial charge in [-0.15, -0.1) is 0 Å². The van der Waals surface area contributed by atoms with Crippen molar-refractivity contribution in [1.29, 1.82) is 0 Å². The van der Waals surface area contributed by atoms with Gasteiger partial charge in [0, 0.05) is 24.1 Å². The lowest BCUT2D eigenvalue weighted by molar-refractivity contribution is 0.270. The van der Waals surface area contributed by atoms with Gasteiger partial charge >= 0.3 is 0 Å². The van der Waals surface area contributed by atoms with Crippen LogP contribution in [0.4, 0.5) is 0 Å². The summed E-state index contributed by atoms with van der Waals surface area (Å²) >= 11 is 0. The van der Waals surface area contributed by atoms with E-state index in [9.17, 15) is 5.11 Å². The third-order valence-electron chi connectivity index (χ3n) is 4.63. The molecular weight excluding hydrogens is 266 g/mol. The Morgan fingerprint density at radius 2 is 1.86 bits per heavy atom. The lowest BCUT2D eigenvalue weighted by atomic mass is 9.90. The largest absolute Gasteiger partial charge is 0.508 e. The first-order valence-electron chi connectivity index (χ1n) is 7.64. The quantitative estimate of drug-likeness (QED) is 0.906. The number of fused-ring (bicyclic) bond motifs is 2. The molecule has 1 aromatic carbocycles. The summed E-state index contributed by atoms with van der Waals surface area (Å²) in [5.74, 6) is 2.22. The predicted molar refractivity (Wildman–Crippen MR) is 77.8 cm³/mol. The molecule has 5 heteroatoms. The van der Waals surface area contributed by atoms with Gasteiger partial charge in [-0.1, -0.05) is 5.16 Å². The van der Waals surface area contributed by atoms with E-state index in [2.05, 4.69) is 15.5 Å². The molecule has 2 N–H and O–H groups in total. The molecule has 2 aliphatic rings. The monoisotopic (exact) mass is 285 g/mol. The van der Waals surface area contributed by atoms with Gasteiger partial charge in [-0.05, 0) is 55.9 Å². The average Bonchev–Trinajstić information content (AvgIpc) is 3.07. The predicted octanol–water partition coefficient (Wildman–Crippen LogP) is 2.52. The van der Waals surface area contributed by atoms with Crippen molar-refractivity contribution in [3.8, 4) is 17.1 Å². The Morgan fingerprint density at radius 3 is 2.57 bits per heavy atom. The van der Waals surface area contributed by atoms with Crippen molar-refractivity contribution < 1.29 is 9.63 Å². The Hall–Kier alpha value is -1.88. The number of rotatable bonds is 3. The Kier molecular flexibility index (Phi) is 3.15. The fraction of sp³-hybridized carbons (Fsp3) is 0.500. The average molecular weight is 285 g/mol. The van der Waals surface area contributed by atoms with Crippen molar-refractivity contribution in [2.45, 2.75) is 44.2 Å². The zero-order chi connectivity index (χ0) is 14.2. The van der Waals surface area contributed by atoms with Crippen LogP contribution < -0.4 is 5.32 Å². The van der Waals surface area contributed by atoms with E-state index in [1.807, 2.05) is 0 Å². The van der Waals surface area contributed by atoms with Crippen molar-refractivity contribution in [3.05, 3.63) is 30.2 Å². The van der Waals surface area contributed by atoms with Crippen LogP contribution in [0.25, 0.3) is 11.4 Å². The first kappa shape index (κ1) is 12.8. The fourth-order valence-electron chi connectivity index (χ4n) is 3.65. The minimum Gasteiger partial charge on any atom is -0.508 e. The van der Waals surface area contributed by atoms with E-state index in [0.29, 0.717) is 23.8 Å². The van der Waals surface area contributed by atoms with Gasteiger partial charge in [0.25, 0.3) is 0 Å². The van der Waals surface area contributed by atoms with Gasteiger partial charge in [0.2, 0.25) is 11.7 Å². The molecule has 1 aromatic heterocycles. The van der Waals surface area contributed by atoms with Crippen LogP contribution in [0, 0.1) is 5.92 Å². The van der Waals surface area contributed by atoms with E-state index in [4.69, 9.17) is 4.52 Å². The summed E-state index contributed by atoms with van der Waals surface area (Å²) in [7, 11) is 0. The molecule has 5 nitrogen and oxygen atoms in total. The second-order valence-electron chi connectivity index (χ2n) is 6.24. The maximum atomic E-state index is 9.31. The molecule has 0 saturated carbocycles. The summed E-state index contributed by atoms with van der Waals surface area (Å²) in [4.78, 5) is 4.49. The highest BCUT2D eigenvalue weighted by Gasteiger charge is 2.34. The third kappa shape index (κ3) is 2.65. The number of aromatic nitrogens is 2. The minimum absolute atomic E-state index is 0.243. The van der Waals surface area contributed by atoms with Gasteiger partial charge in [-0.2, -0.15) is 4.98 Å². The van der Waals surface area contributed by atoms with Crippen LogP contribution in [-0.4, -0.2) is 27.3 Å². The maximum Gasteiger partial charge on any atom is 0.227 e. The third-order valence-corrected chi connectivity index (χ3v) is 4.63. The van der Waals surface area contributed by atoms with Crippen LogP contribution in [-0.2, 0) is 6.42 Å². The molecule has 21 heavy (non-hydrogen) atoms. The van der Waals surface area contributed by atoms with E-state index in [1.54, 1.807) is 24.3 Å². The highest BCUT2D eigenvalue weighted by atomic mass is 16.5. The first-order valence-corrected chi connectivity index (χ1v) is 7.64. The van der Waals surface area contributed by atoms with Crippen molar-refractivity contribution in [2.24, 2.45) is 5.92 Å².